The number of nitrogens with zero attached hydrogens (tertiary/aromatic N) is 2. The van der Waals surface area contributed by atoms with E-state index in [0.29, 0.717) is 23.6 Å². The molecule has 10 heteroatoms. The Bertz CT molecular complexity index is 1680. The first-order valence-electron chi connectivity index (χ1n) is 16.3. The molecule has 1 aromatic heterocycles. The van der Waals surface area contributed by atoms with Crippen LogP contribution in [0.25, 0.3) is 0 Å². The molecule has 5 rings (SSSR count). The molecule has 0 saturated heterocycles. The fourth-order valence-corrected chi connectivity index (χ4v) is 11.2. The molecule has 1 aliphatic rings. The number of ether oxygens (including phenoxy) is 3. The van der Waals surface area contributed by atoms with Crippen LogP contribution in [0.3, 0.4) is 0 Å². The lowest BCUT2D eigenvalue weighted by Gasteiger charge is -2.48. The van der Waals surface area contributed by atoms with Crippen molar-refractivity contribution in [1.29, 1.82) is 0 Å². The molecule has 0 aliphatic heterocycles. The summed E-state index contributed by atoms with van der Waals surface area (Å²) >= 11 is 0. The zero-order valence-corrected chi connectivity index (χ0v) is 30.2. The fraction of sp³-hybridized carbons (Fsp3) is 0.395. The van der Waals surface area contributed by atoms with Gasteiger partial charge in [0, 0.05) is 30.2 Å². The Labute approximate surface area is 284 Å². The van der Waals surface area contributed by atoms with Crippen LogP contribution in [0.15, 0.2) is 78.9 Å². The number of anilines is 1. The van der Waals surface area contributed by atoms with E-state index >= 15 is 0 Å². The van der Waals surface area contributed by atoms with Gasteiger partial charge in [0.2, 0.25) is 0 Å². The maximum atomic E-state index is 13.2. The van der Waals surface area contributed by atoms with Gasteiger partial charge in [0.25, 0.3) is 14.2 Å². The first-order chi connectivity index (χ1) is 22.8. The Hall–Kier alpha value is -4.41. The second kappa shape index (κ2) is 14.0. The second-order valence-electron chi connectivity index (χ2n) is 14.3. The molecule has 254 valence electrons. The predicted octanol–water partition coefficient (Wildman–Crippen LogP) is 6.31. The summed E-state index contributed by atoms with van der Waals surface area (Å²) in [6.07, 6.45) is 2.40. The van der Waals surface area contributed by atoms with Crippen molar-refractivity contribution >= 4 is 36.7 Å². The van der Waals surface area contributed by atoms with E-state index in [0.717, 1.165) is 18.5 Å². The van der Waals surface area contributed by atoms with Crippen molar-refractivity contribution in [2.45, 2.75) is 77.0 Å². The Morgan fingerprint density at radius 3 is 1.98 bits per heavy atom. The van der Waals surface area contributed by atoms with E-state index in [1.54, 1.807) is 12.1 Å². The summed E-state index contributed by atoms with van der Waals surface area (Å²) in [4.78, 5) is 24.9. The molecule has 4 aromatic rings. The van der Waals surface area contributed by atoms with Crippen molar-refractivity contribution in [1.82, 2.24) is 9.78 Å². The summed E-state index contributed by atoms with van der Waals surface area (Å²) in [5, 5.41) is 10.4. The monoisotopic (exact) mass is 669 g/mol. The van der Waals surface area contributed by atoms with Gasteiger partial charge in [-0.05, 0) is 49.0 Å². The van der Waals surface area contributed by atoms with Crippen LogP contribution in [0.1, 0.15) is 76.4 Å². The van der Waals surface area contributed by atoms with Crippen molar-refractivity contribution in [2.24, 2.45) is 0 Å². The fourth-order valence-electron chi connectivity index (χ4n) is 6.47. The molecule has 9 nitrogen and oxygen atoms in total. The van der Waals surface area contributed by atoms with Crippen LogP contribution in [-0.4, -0.2) is 57.2 Å². The van der Waals surface area contributed by atoms with Crippen molar-refractivity contribution in [2.75, 3.05) is 26.1 Å². The lowest BCUT2D eigenvalue weighted by molar-refractivity contribution is -0.118. The molecule has 0 atom stereocenters. The lowest BCUT2D eigenvalue weighted by Crippen LogP contribution is -2.68. The molecule has 3 aromatic carbocycles. The second-order valence-corrected chi connectivity index (χ2v) is 18.6. The average Bonchev–Trinajstić information content (AvgIpc) is 3.46. The van der Waals surface area contributed by atoms with Crippen LogP contribution in [0.5, 0.6) is 17.2 Å². The normalized spacial score (nSPS) is 16.5. The van der Waals surface area contributed by atoms with Gasteiger partial charge in [-0.15, -0.1) is 0 Å². The number of hydrogen-bond donors (Lipinski definition) is 1. The molecule has 48 heavy (non-hydrogen) atoms. The number of carbonyl (C=O) groups is 2. The number of rotatable bonds is 12. The van der Waals surface area contributed by atoms with Gasteiger partial charge in [-0.2, -0.15) is 5.10 Å². The summed E-state index contributed by atoms with van der Waals surface area (Å²) in [5.74, 6) is 1.34. The minimum absolute atomic E-state index is 0.0828. The third kappa shape index (κ3) is 7.05. The van der Waals surface area contributed by atoms with Crippen LogP contribution in [0, 0.1) is 0 Å². The number of carbonyl (C=O) groups excluding carboxylic acids is 2. The maximum absolute atomic E-state index is 13.2. The van der Waals surface area contributed by atoms with E-state index < -0.39 is 8.32 Å². The zero-order chi connectivity index (χ0) is 34.7. The molecule has 0 spiro atoms. The molecule has 1 heterocycles. The number of amides is 1. The minimum atomic E-state index is -2.66. The van der Waals surface area contributed by atoms with E-state index in [1.807, 2.05) is 31.5 Å². The van der Waals surface area contributed by atoms with E-state index in [1.165, 1.54) is 24.6 Å². The predicted molar refractivity (Wildman–Crippen MR) is 191 cm³/mol. The number of methoxy groups -OCH3 is 2. The van der Waals surface area contributed by atoms with E-state index in [4.69, 9.17) is 23.7 Å². The van der Waals surface area contributed by atoms with Gasteiger partial charge in [0.15, 0.2) is 12.9 Å². The Morgan fingerprint density at radius 2 is 1.48 bits per heavy atom. The first-order valence-corrected chi connectivity index (χ1v) is 18.2. The number of nitrogens with one attached hydrogen (secondary N) is 1. The Balaban J connectivity index is 1.33. The molecular formula is C38H47N3O6Si. The van der Waals surface area contributed by atoms with E-state index in [9.17, 15) is 9.59 Å². The summed E-state index contributed by atoms with van der Waals surface area (Å²) in [6.45, 7) is 12.7. The van der Waals surface area contributed by atoms with Crippen LogP contribution in [0.4, 0.5) is 5.82 Å². The maximum Gasteiger partial charge on any atom is 0.263 e. The van der Waals surface area contributed by atoms with Crippen molar-refractivity contribution in [3.05, 3.63) is 90.1 Å². The minimum Gasteiger partial charge on any atom is -0.496 e. The van der Waals surface area contributed by atoms with Gasteiger partial charge in [-0.3, -0.25) is 9.59 Å². The van der Waals surface area contributed by atoms with Crippen molar-refractivity contribution in [3.8, 4) is 17.2 Å². The molecule has 1 fully saturated rings. The number of aromatic nitrogens is 2. The van der Waals surface area contributed by atoms with Gasteiger partial charge >= 0.3 is 0 Å². The molecule has 0 unspecified atom stereocenters. The Kier molecular flexibility index (Phi) is 10.2. The molecule has 0 radical (unpaired) electrons. The van der Waals surface area contributed by atoms with Crippen molar-refractivity contribution < 1.29 is 28.2 Å². The highest BCUT2D eigenvalue weighted by Gasteiger charge is 2.53. The van der Waals surface area contributed by atoms with Gasteiger partial charge < -0.3 is 24.0 Å². The lowest BCUT2D eigenvalue weighted by atomic mass is 9.80. The highest BCUT2D eigenvalue weighted by Crippen LogP contribution is 2.45. The first kappa shape index (κ1) is 34.9. The summed E-state index contributed by atoms with van der Waals surface area (Å²) < 4.78 is 25.6. The van der Waals surface area contributed by atoms with E-state index in [2.05, 4.69) is 86.8 Å². The summed E-state index contributed by atoms with van der Waals surface area (Å²) in [6, 6.07) is 26.5. The third-order valence-electron chi connectivity index (χ3n) is 8.91. The largest absolute Gasteiger partial charge is 0.496 e. The molecule has 1 N–H and O–H groups in total. The number of benzene rings is 3. The zero-order valence-electron chi connectivity index (χ0n) is 29.2. The van der Waals surface area contributed by atoms with Crippen LogP contribution >= 0.6 is 0 Å². The standard InChI is InChI=1S/C38H47N3O6Si/c1-37(2,3)41-35(39-36(43)25-46-34-22-27(44-7)21-33(45-8)31(34)24-42)23-32(40-41)26-19-28(20-26)47-48(38(4,5)6,29-15-11-9-12-16-29)30-17-13-10-14-18-30/h9-18,21-24,26,28H,19-20,25H2,1-8H3,(H,39,43). The average molecular weight is 670 g/mol. The molecule has 1 aliphatic carbocycles. The van der Waals surface area contributed by atoms with Gasteiger partial charge in [-0.1, -0.05) is 81.4 Å². The molecule has 1 amide bonds. The molecule has 0 bridgehead atoms. The number of aldehydes is 1. The molecular weight excluding hydrogens is 623 g/mol. The number of hydrogen-bond acceptors (Lipinski definition) is 7. The highest BCUT2D eigenvalue weighted by molar-refractivity contribution is 6.99. The van der Waals surface area contributed by atoms with E-state index in [-0.39, 0.29) is 46.4 Å². The molecule has 1 saturated carbocycles. The highest BCUT2D eigenvalue weighted by atomic mass is 28.4. The smallest absolute Gasteiger partial charge is 0.263 e. The van der Waals surface area contributed by atoms with Gasteiger partial charge in [0.05, 0.1) is 31.0 Å². The Morgan fingerprint density at radius 1 is 0.896 bits per heavy atom. The van der Waals surface area contributed by atoms with Crippen molar-refractivity contribution in [3.63, 3.8) is 0 Å². The summed E-state index contributed by atoms with van der Waals surface area (Å²) in [7, 11) is 0.296. The van der Waals surface area contributed by atoms with Gasteiger partial charge in [-0.25, -0.2) is 4.68 Å². The SMILES string of the molecule is COc1cc(OC)c(C=O)c(OCC(=O)Nc2cc(C3CC(O[Si](c4ccccc4)(c4ccccc4)C(C)(C)C)C3)nn2C(C)(C)C)c1. The topological polar surface area (TPSA) is 101 Å². The van der Waals surface area contributed by atoms with Crippen LogP contribution in [0.2, 0.25) is 5.04 Å². The van der Waals surface area contributed by atoms with Gasteiger partial charge in [0.1, 0.15) is 23.1 Å². The van der Waals surface area contributed by atoms with Crippen LogP contribution < -0.4 is 29.9 Å². The van der Waals surface area contributed by atoms with Crippen LogP contribution in [-0.2, 0) is 14.8 Å². The quantitative estimate of drug-likeness (QED) is 0.139. The third-order valence-corrected chi connectivity index (χ3v) is 14.0. The summed E-state index contributed by atoms with van der Waals surface area (Å²) in [5.41, 5.74) is 0.735.